The molecule has 2 aliphatic heterocycles. The number of rotatable bonds is 6. The molecule has 4 aromatic rings. The van der Waals surface area contributed by atoms with Crippen LogP contribution in [0.25, 0.3) is 5.69 Å². The summed E-state index contributed by atoms with van der Waals surface area (Å²) in [4.78, 5) is 9.35. The third-order valence-electron chi connectivity index (χ3n) is 8.53. The summed E-state index contributed by atoms with van der Waals surface area (Å²) in [5.74, 6) is 1.59. The number of benzene rings is 2. The first kappa shape index (κ1) is 27.6. The molecule has 2 atom stereocenters. The van der Waals surface area contributed by atoms with E-state index in [0.717, 1.165) is 63.9 Å². The molecular weight excluding hydrogens is 550 g/mol. The second kappa shape index (κ2) is 11.4. The normalized spacial score (nSPS) is 19.5. The predicted octanol–water partition coefficient (Wildman–Crippen LogP) is 7.56. The third kappa shape index (κ3) is 5.17. The monoisotopic (exact) mass is 585 g/mol. The van der Waals surface area contributed by atoms with Gasteiger partial charge in [0.15, 0.2) is 5.11 Å². The summed E-state index contributed by atoms with van der Waals surface area (Å²) in [5, 5.41) is 5.01. The number of aryl methyl sites for hydroxylation is 1. The second-order valence-electron chi connectivity index (χ2n) is 11.2. The lowest BCUT2D eigenvalue weighted by atomic mass is 9.96. The van der Waals surface area contributed by atoms with Gasteiger partial charge in [-0.2, -0.15) is 0 Å². The predicted molar refractivity (Wildman–Crippen MR) is 172 cm³/mol. The molecule has 4 heterocycles. The Kier molecular flexibility index (Phi) is 7.66. The van der Waals surface area contributed by atoms with Crippen LogP contribution in [-0.2, 0) is 0 Å². The van der Waals surface area contributed by atoms with Gasteiger partial charge in [0.25, 0.3) is 0 Å². The lowest BCUT2D eigenvalue weighted by Crippen LogP contribution is -2.33. The van der Waals surface area contributed by atoms with Crippen molar-refractivity contribution in [2.75, 3.05) is 30.0 Å². The van der Waals surface area contributed by atoms with Crippen LogP contribution in [0.2, 0.25) is 5.02 Å². The van der Waals surface area contributed by atoms with Crippen LogP contribution in [0.3, 0.4) is 0 Å². The van der Waals surface area contributed by atoms with Gasteiger partial charge < -0.3 is 24.4 Å². The summed E-state index contributed by atoms with van der Waals surface area (Å²) in [5.41, 5.74) is 7.52. The molecule has 0 amide bonds. The minimum atomic E-state index is -0.134. The Bertz CT molecular complexity index is 1560. The maximum Gasteiger partial charge on any atom is 0.174 e. The summed E-state index contributed by atoms with van der Waals surface area (Å²) >= 11 is 13.0. The highest BCUT2D eigenvalue weighted by Crippen LogP contribution is 2.45. The number of anilines is 2. The van der Waals surface area contributed by atoms with Crippen LogP contribution in [-0.4, -0.2) is 34.9 Å². The molecule has 6 rings (SSSR count). The number of aromatic nitrogens is 2. The van der Waals surface area contributed by atoms with E-state index < -0.39 is 0 Å². The molecule has 212 valence electrons. The minimum absolute atomic E-state index is 0.124. The summed E-state index contributed by atoms with van der Waals surface area (Å²) in [7, 11) is 1.70. The van der Waals surface area contributed by atoms with Crippen molar-refractivity contribution < 1.29 is 4.74 Å². The summed E-state index contributed by atoms with van der Waals surface area (Å²) < 4.78 is 7.80. The SMILES string of the molecule is COc1cccc(-n2c(C)cc(C3C(c4ccccn4)NC(=S)N3c3ccc(N4CCC(C)CC4)c(Cl)c3)c2C)c1. The van der Waals surface area contributed by atoms with Crippen molar-refractivity contribution in [3.63, 3.8) is 0 Å². The van der Waals surface area contributed by atoms with Gasteiger partial charge in [0.1, 0.15) is 5.75 Å². The average Bonchev–Trinajstić information content (AvgIpc) is 3.48. The third-order valence-corrected chi connectivity index (χ3v) is 9.15. The topological polar surface area (TPSA) is 45.6 Å². The largest absolute Gasteiger partial charge is 0.497 e. The molecular formula is C33H36ClN5OS. The van der Waals surface area contributed by atoms with Crippen molar-refractivity contribution in [3.05, 3.63) is 101 Å². The highest BCUT2D eigenvalue weighted by Gasteiger charge is 2.42. The van der Waals surface area contributed by atoms with E-state index in [2.05, 4.69) is 82.9 Å². The van der Waals surface area contributed by atoms with Crippen molar-refractivity contribution in [2.24, 2.45) is 5.92 Å². The molecule has 2 aliphatic rings. The van der Waals surface area contributed by atoms with E-state index >= 15 is 0 Å². The molecule has 2 unspecified atom stereocenters. The van der Waals surface area contributed by atoms with Crippen LogP contribution in [0.15, 0.2) is 72.9 Å². The summed E-state index contributed by atoms with van der Waals surface area (Å²) in [6.07, 6.45) is 4.22. The molecule has 2 aromatic heterocycles. The molecule has 0 radical (unpaired) electrons. The smallest absolute Gasteiger partial charge is 0.174 e. The molecule has 0 saturated carbocycles. The van der Waals surface area contributed by atoms with Crippen LogP contribution in [0.5, 0.6) is 5.75 Å². The Balaban J connectivity index is 1.44. The first-order chi connectivity index (χ1) is 19.9. The van der Waals surface area contributed by atoms with Gasteiger partial charge in [0, 0.05) is 48.1 Å². The Morgan fingerprint density at radius 3 is 2.49 bits per heavy atom. The molecule has 2 saturated heterocycles. The number of ether oxygens (including phenoxy) is 1. The number of nitrogens with one attached hydrogen (secondary N) is 1. The summed E-state index contributed by atoms with van der Waals surface area (Å²) in [6.45, 7) is 8.70. The molecule has 0 bridgehead atoms. The van der Waals surface area contributed by atoms with Crippen LogP contribution in [0, 0.1) is 19.8 Å². The number of nitrogens with zero attached hydrogens (tertiary/aromatic N) is 4. The fourth-order valence-corrected chi connectivity index (χ4v) is 6.97. The van der Waals surface area contributed by atoms with Gasteiger partial charge >= 0.3 is 0 Å². The first-order valence-electron chi connectivity index (χ1n) is 14.2. The molecule has 41 heavy (non-hydrogen) atoms. The number of thiocarbonyl (C=S) groups is 1. The Hall–Kier alpha value is -3.55. The molecule has 2 fully saturated rings. The van der Waals surface area contributed by atoms with Crippen LogP contribution in [0.4, 0.5) is 11.4 Å². The van der Waals surface area contributed by atoms with Crippen molar-refractivity contribution >= 4 is 40.3 Å². The van der Waals surface area contributed by atoms with Gasteiger partial charge in [-0.1, -0.05) is 30.7 Å². The quantitative estimate of drug-likeness (QED) is 0.236. The highest BCUT2D eigenvalue weighted by atomic mass is 35.5. The van der Waals surface area contributed by atoms with E-state index in [1.54, 1.807) is 7.11 Å². The maximum atomic E-state index is 6.98. The van der Waals surface area contributed by atoms with Crippen molar-refractivity contribution in [1.82, 2.24) is 14.9 Å². The van der Waals surface area contributed by atoms with Gasteiger partial charge in [0.2, 0.25) is 0 Å². The fraction of sp³-hybridized carbons (Fsp3) is 0.333. The Labute approximate surface area is 252 Å². The molecule has 0 aliphatic carbocycles. The van der Waals surface area contributed by atoms with E-state index in [9.17, 15) is 0 Å². The van der Waals surface area contributed by atoms with Gasteiger partial charge in [0.05, 0.1) is 35.6 Å². The molecule has 2 aromatic carbocycles. The van der Waals surface area contributed by atoms with Gasteiger partial charge in [-0.15, -0.1) is 0 Å². The number of methoxy groups -OCH3 is 1. The van der Waals surface area contributed by atoms with E-state index in [0.29, 0.717) is 5.11 Å². The van der Waals surface area contributed by atoms with E-state index in [1.807, 2.05) is 30.5 Å². The maximum absolute atomic E-state index is 6.98. The van der Waals surface area contributed by atoms with Gasteiger partial charge in [-0.3, -0.25) is 4.98 Å². The Morgan fingerprint density at radius 1 is 0.976 bits per heavy atom. The van der Waals surface area contributed by atoms with Crippen molar-refractivity contribution in [2.45, 2.75) is 45.7 Å². The zero-order chi connectivity index (χ0) is 28.7. The lowest BCUT2D eigenvalue weighted by molar-refractivity contribution is 0.414. The molecule has 8 heteroatoms. The van der Waals surface area contributed by atoms with Crippen molar-refractivity contribution in [1.29, 1.82) is 0 Å². The number of hydrogen-bond donors (Lipinski definition) is 1. The minimum Gasteiger partial charge on any atom is -0.497 e. The number of halogens is 1. The number of piperidine rings is 1. The van der Waals surface area contributed by atoms with E-state index in [4.69, 9.17) is 33.5 Å². The highest BCUT2D eigenvalue weighted by molar-refractivity contribution is 7.80. The van der Waals surface area contributed by atoms with Gasteiger partial charge in [-0.25, -0.2) is 0 Å². The molecule has 0 spiro atoms. The first-order valence-corrected chi connectivity index (χ1v) is 15.0. The standard InChI is InChI=1S/C33H36ClN5OS/c1-21-13-16-37(17-14-21)30-12-11-25(20-28(30)34)39-32(31(36-33(39)41)29-10-5-6-15-35-29)27-18-22(2)38(23(27)3)24-8-7-9-26(19-24)40-4/h5-12,15,18-21,31-32H,13-14,16-17H2,1-4H3,(H,36,41). The zero-order valence-electron chi connectivity index (χ0n) is 24.0. The number of pyridine rings is 1. The van der Waals surface area contributed by atoms with Crippen LogP contribution < -0.4 is 19.9 Å². The second-order valence-corrected chi connectivity index (χ2v) is 12.0. The zero-order valence-corrected chi connectivity index (χ0v) is 25.5. The fourth-order valence-electron chi connectivity index (χ4n) is 6.33. The van der Waals surface area contributed by atoms with Gasteiger partial charge in [-0.05, 0) is 98.9 Å². The van der Waals surface area contributed by atoms with Crippen LogP contribution in [0.1, 0.15) is 54.5 Å². The number of hydrogen-bond acceptors (Lipinski definition) is 4. The van der Waals surface area contributed by atoms with E-state index in [1.165, 1.54) is 18.4 Å². The van der Waals surface area contributed by atoms with Crippen LogP contribution >= 0.6 is 23.8 Å². The Morgan fingerprint density at radius 2 is 1.78 bits per heavy atom. The molecule has 6 nitrogen and oxygen atoms in total. The van der Waals surface area contributed by atoms with E-state index in [-0.39, 0.29) is 12.1 Å². The van der Waals surface area contributed by atoms with Crippen molar-refractivity contribution in [3.8, 4) is 11.4 Å². The summed E-state index contributed by atoms with van der Waals surface area (Å²) in [6, 6.07) is 22.6. The molecule has 1 N–H and O–H groups in total. The lowest BCUT2D eigenvalue weighted by Gasteiger charge is -2.33. The average molecular weight is 586 g/mol.